The molecule has 0 aliphatic carbocycles. The number of rotatable bonds is 7. The van der Waals surface area contributed by atoms with Gasteiger partial charge >= 0.3 is 0 Å². The SMILES string of the molecule is COc1cc(CC(=O)N[C@@H](C)C(=O)NN2C(=O)C(C)c3ccccc3-c3ccccc32)cc(OC)c1. The number of nitrogens with zero attached hydrogens (tertiary/aromatic N) is 1. The number of carbonyl (C=O) groups is 3. The van der Waals surface area contributed by atoms with Crippen molar-refractivity contribution in [1.29, 1.82) is 0 Å². The van der Waals surface area contributed by atoms with E-state index in [-0.39, 0.29) is 18.2 Å². The van der Waals surface area contributed by atoms with Crippen LogP contribution in [0, 0.1) is 0 Å². The summed E-state index contributed by atoms with van der Waals surface area (Å²) in [5.41, 5.74) is 6.66. The number of hydrogen-bond donors (Lipinski definition) is 2. The maximum absolute atomic E-state index is 13.4. The topological polar surface area (TPSA) is 97.0 Å². The molecule has 0 bridgehead atoms. The third kappa shape index (κ3) is 5.02. The average molecular weight is 488 g/mol. The van der Waals surface area contributed by atoms with Crippen LogP contribution in [0.4, 0.5) is 5.69 Å². The van der Waals surface area contributed by atoms with E-state index in [2.05, 4.69) is 10.7 Å². The highest BCUT2D eigenvalue weighted by molar-refractivity contribution is 6.06. The summed E-state index contributed by atoms with van der Waals surface area (Å²) in [4.78, 5) is 39.2. The van der Waals surface area contributed by atoms with Gasteiger partial charge in [-0.3, -0.25) is 19.8 Å². The molecular weight excluding hydrogens is 458 g/mol. The van der Waals surface area contributed by atoms with Gasteiger partial charge in [0.05, 0.1) is 32.2 Å². The summed E-state index contributed by atoms with van der Waals surface area (Å²) in [6, 6.07) is 19.5. The molecule has 2 atom stereocenters. The summed E-state index contributed by atoms with van der Waals surface area (Å²) in [7, 11) is 3.07. The van der Waals surface area contributed by atoms with Crippen LogP contribution in [0.25, 0.3) is 11.1 Å². The van der Waals surface area contributed by atoms with Crippen LogP contribution in [0.5, 0.6) is 11.5 Å². The number of amides is 3. The Morgan fingerprint density at radius 2 is 1.56 bits per heavy atom. The fourth-order valence-electron chi connectivity index (χ4n) is 4.30. The van der Waals surface area contributed by atoms with Crippen LogP contribution >= 0.6 is 0 Å². The van der Waals surface area contributed by atoms with E-state index in [0.29, 0.717) is 22.7 Å². The van der Waals surface area contributed by atoms with Gasteiger partial charge in [0.15, 0.2) is 0 Å². The Bertz CT molecular complexity index is 1280. The molecule has 0 saturated heterocycles. The maximum atomic E-state index is 13.4. The van der Waals surface area contributed by atoms with Crippen LogP contribution in [0.15, 0.2) is 66.7 Å². The molecule has 8 nitrogen and oxygen atoms in total. The first-order valence-corrected chi connectivity index (χ1v) is 11.7. The van der Waals surface area contributed by atoms with Crippen LogP contribution in [0.1, 0.15) is 30.9 Å². The zero-order chi connectivity index (χ0) is 25.8. The fraction of sp³-hybridized carbons (Fsp3) is 0.250. The molecule has 1 heterocycles. The number of hydrazine groups is 1. The average Bonchev–Trinajstić information content (AvgIpc) is 2.98. The predicted molar refractivity (Wildman–Crippen MR) is 137 cm³/mol. The number of hydrogen-bond acceptors (Lipinski definition) is 5. The molecule has 3 aromatic rings. The van der Waals surface area contributed by atoms with Gasteiger partial charge in [0, 0.05) is 11.6 Å². The highest BCUT2D eigenvalue weighted by Gasteiger charge is 2.33. The van der Waals surface area contributed by atoms with E-state index >= 15 is 0 Å². The third-order valence-electron chi connectivity index (χ3n) is 6.22. The summed E-state index contributed by atoms with van der Waals surface area (Å²) < 4.78 is 10.5. The lowest BCUT2D eigenvalue weighted by Crippen LogP contribution is -2.54. The quantitative estimate of drug-likeness (QED) is 0.531. The van der Waals surface area contributed by atoms with Gasteiger partial charge < -0.3 is 14.8 Å². The Kier molecular flexibility index (Phi) is 7.24. The zero-order valence-electron chi connectivity index (χ0n) is 20.7. The number of fused-ring (bicyclic) bond motifs is 3. The normalized spacial score (nSPS) is 15.2. The Morgan fingerprint density at radius 1 is 0.944 bits per heavy atom. The van der Waals surface area contributed by atoms with Crippen LogP contribution in [-0.4, -0.2) is 38.0 Å². The van der Waals surface area contributed by atoms with Crippen molar-refractivity contribution >= 4 is 23.4 Å². The van der Waals surface area contributed by atoms with E-state index in [4.69, 9.17) is 9.47 Å². The number of carbonyl (C=O) groups excluding carboxylic acids is 3. The minimum absolute atomic E-state index is 0.0308. The smallest absolute Gasteiger partial charge is 0.261 e. The summed E-state index contributed by atoms with van der Waals surface area (Å²) >= 11 is 0. The lowest BCUT2D eigenvalue weighted by Gasteiger charge is -2.27. The number of anilines is 1. The van der Waals surface area contributed by atoms with Crippen molar-refractivity contribution in [2.45, 2.75) is 32.2 Å². The molecule has 0 aromatic heterocycles. The number of para-hydroxylation sites is 1. The third-order valence-corrected chi connectivity index (χ3v) is 6.22. The molecule has 186 valence electrons. The fourth-order valence-corrected chi connectivity index (χ4v) is 4.30. The number of methoxy groups -OCH3 is 2. The lowest BCUT2D eigenvalue weighted by molar-refractivity contribution is -0.130. The molecule has 1 aliphatic heterocycles. The van der Waals surface area contributed by atoms with Gasteiger partial charge in [-0.05, 0) is 48.7 Å². The Balaban J connectivity index is 1.50. The van der Waals surface area contributed by atoms with Crippen molar-refractivity contribution < 1.29 is 23.9 Å². The lowest BCUT2D eigenvalue weighted by atomic mass is 9.92. The van der Waals surface area contributed by atoms with Crippen LogP contribution in [-0.2, 0) is 20.8 Å². The molecule has 0 radical (unpaired) electrons. The van der Waals surface area contributed by atoms with E-state index in [1.54, 1.807) is 31.2 Å². The summed E-state index contributed by atoms with van der Waals surface area (Å²) in [5, 5.41) is 3.99. The van der Waals surface area contributed by atoms with Crippen molar-refractivity contribution in [2.24, 2.45) is 0 Å². The molecular formula is C28H29N3O5. The number of ether oxygens (including phenoxy) is 2. The van der Waals surface area contributed by atoms with Crippen molar-refractivity contribution in [1.82, 2.24) is 10.7 Å². The zero-order valence-corrected chi connectivity index (χ0v) is 20.7. The van der Waals surface area contributed by atoms with Gasteiger partial charge in [0.1, 0.15) is 17.5 Å². The highest BCUT2D eigenvalue weighted by atomic mass is 16.5. The predicted octanol–water partition coefficient (Wildman–Crippen LogP) is 3.60. The van der Waals surface area contributed by atoms with Crippen LogP contribution < -0.4 is 25.2 Å². The minimum atomic E-state index is -0.883. The molecule has 8 heteroatoms. The highest BCUT2D eigenvalue weighted by Crippen LogP contribution is 2.39. The van der Waals surface area contributed by atoms with Crippen LogP contribution in [0.2, 0.25) is 0 Å². The number of nitrogens with one attached hydrogen (secondary N) is 2. The maximum Gasteiger partial charge on any atom is 0.261 e. The van der Waals surface area contributed by atoms with Crippen molar-refractivity contribution in [3.63, 3.8) is 0 Å². The second-order valence-corrected chi connectivity index (χ2v) is 8.66. The Labute approximate surface area is 210 Å². The van der Waals surface area contributed by atoms with Crippen molar-refractivity contribution in [3.05, 3.63) is 77.9 Å². The Hall–Kier alpha value is -4.33. The van der Waals surface area contributed by atoms with E-state index < -0.39 is 17.9 Å². The molecule has 1 unspecified atom stereocenters. The van der Waals surface area contributed by atoms with E-state index in [0.717, 1.165) is 16.7 Å². The second-order valence-electron chi connectivity index (χ2n) is 8.66. The molecule has 3 amide bonds. The van der Waals surface area contributed by atoms with Crippen molar-refractivity contribution in [3.8, 4) is 22.6 Å². The van der Waals surface area contributed by atoms with E-state index in [1.165, 1.54) is 19.2 Å². The monoisotopic (exact) mass is 487 g/mol. The molecule has 0 fully saturated rings. The van der Waals surface area contributed by atoms with E-state index in [1.807, 2.05) is 49.4 Å². The standard InChI is InChI=1S/C28H29N3O5/c1-17-22-9-5-6-10-23(22)24-11-7-8-12-25(24)31(28(17)34)30-27(33)18(2)29-26(32)15-19-13-20(35-3)16-21(14-19)36-4/h5-14,16-18H,15H2,1-4H3,(H,29,32)(H,30,33)/t17?,18-/m0/s1. The first-order chi connectivity index (χ1) is 17.3. The van der Waals surface area contributed by atoms with Gasteiger partial charge in [0.25, 0.3) is 11.8 Å². The van der Waals surface area contributed by atoms with Gasteiger partial charge in [-0.1, -0.05) is 42.5 Å². The molecule has 3 aromatic carbocycles. The number of benzene rings is 3. The molecule has 0 saturated carbocycles. The first kappa shape index (κ1) is 24.8. The van der Waals surface area contributed by atoms with Gasteiger partial charge in [-0.2, -0.15) is 0 Å². The first-order valence-electron chi connectivity index (χ1n) is 11.7. The molecule has 1 aliphatic rings. The van der Waals surface area contributed by atoms with Crippen molar-refractivity contribution in [2.75, 3.05) is 19.2 Å². The molecule has 36 heavy (non-hydrogen) atoms. The van der Waals surface area contributed by atoms with Gasteiger partial charge in [-0.15, -0.1) is 0 Å². The summed E-state index contributed by atoms with van der Waals surface area (Å²) in [5.74, 6) is -0.457. The second kappa shape index (κ2) is 10.5. The minimum Gasteiger partial charge on any atom is -0.497 e. The van der Waals surface area contributed by atoms with Gasteiger partial charge in [-0.25, -0.2) is 5.01 Å². The molecule has 4 rings (SSSR count). The van der Waals surface area contributed by atoms with Gasteiger partial charge in [0.2, 0.25) is 5.91 Å². The Morgan fingerprint density at radius 3 is 2.22 bits per heavy atom. The summed E-state index contributed by atoms with van der Waals surface area (Å²) in [6.45, 7) is 3.39. The molecule has 2 N–H and O–H groups in total. The largest absolute Gasteiger partial charge is 0.497 e. The molecule has 0 spiro atoms. The summed E-state index contributed by atoms with van der Waals surface area (Å²) in [6.07, 6.45) is 0.0308. The van der Waals surface area contributed by atoms with E-state index in [9.17, 15) is 14.4 Å². The van der Waals surface area contributed by atoms with Crippen LogP contribution in [0.3, 0.4) is 0 Å².